The standard InChI is InChI=1S/C11H13N5O3/c1-7-2-3-13-11(10(7)16(18)19)14-5-9(17)8-4-12-6-15-8/h2-4,6,9,17H,5H2,1H3,(H,12,15)(H,13,14). The van der Waals surface area contributed by atoms with E-state index in [2.05, 4.69) is 20.3 Å². The van der Waals surface area contributed by atoms with Crippen LogP contribution in [0.4, 0.5) is 11.5 Å². The highest BCUT2D eigenvalue weighted by Crippen LogP contribution is 2.25. The third-order valence-corrected chi connectivity index (χ3v) is 2.65. The van der Waals surface area contributed by atoms with Gasteiger partial charge in [-0.15, -0.1) is 0 Å². The van der Waals surface area contributed by atoms with Crippen molar-refractivity contribution in [1.82, 2.24) is 15.0 Å². The molecule has 0 radical (unpaired) electrons. The molecule has 2 aromatic rings. The number of nitrogens with zero attached hydrogens (tertiary/aromatic N) is 3. The van der Waals surface area contributed by atoms with Gasteiger partial charge in [0.15, 0.2) is 0 Å². The highest BCUT2D eigenvalue weighted by atomic mass is 16.6. The fourth-order valence-corrected chi connectivity index (χ4v) is 1.66. The SMILES string of the molecule is Cc1ccnc(NCC(O)c2cnc[nH]2)c1[N+](=O)[O-]. The van der Waals surface area contributed by atoms with Gasteiger partial charge in [-0.3, -0.25) is 10.1 Å². The summed E-state index contributed by atoms with van der Waals surface area (Å²) >= 11 is 0. The summed E-state index contributed by atoms with van der Waals surface area (Å²) in [7, 11) is 0. The van der Waals surface area contributed by atoms with Crippen molar-refractivity contribution in [3.8, 4) is 0 Å². The van der Waals surface area contributed by atoms with Crippen molar-refractivity contribution >= 4 is 11.5 Å². The molecule has 0 aromatic carbocycles. The Kier molecular flexibility index (Phi) is 3.71. The summed E-state index contributed by atoms with van der Waals surface area (Å²) in [5.74, 6) is 0.142. The molecule has 0 saturated carbocycles. The lowest BCUT2D eigenvalue weighted by atomic mass is 10.2. The van der Waals surface area contributed by atoms with E-state index in [1.54, 1.807) is 13.0 Å². The van der Waals surface area contributed by atoms with Crippen LogP contribution in [0.1, 0.15) is 17.4 Å². The van der Waals surface area contributed by atoms with Gasteiger partial charge in [0.25, 0.3) is 0 Å². The Labute approximate surface area is 108 Å². The van der Waals surface area contributed by atoms with Crippen LogP contribution in [0.2, 0.25) is 0 Å². The first-order chi connectivity index (χ1) is 9.09. The first-order valence-corrected chi connectivity index (χ1v) is 5.59. The number of pyridine rings is 1. The van der Waals surface area contributed by atoms with Crippen LogP contribution in [0.3, 0.4) is 0 Å². The van der Waals surface area contributed by atoms with Crippen molar-refractivity contribution in [1.29, 1.82) is 0 Å². The largest absolute Gasteiger partial charge is 0.385 e. The molecule has 0 bridgehead atoms. The third kappa shape index (κ3) is 2.86. The second kappa shape index (κ2) is 5.44. The van der Waals surface area contributed by atoms with E-state index in [1.807, 2.05) is 0 Å². The number of hydrogen-bond acceptors (Lipinski definition) is 6. The number of hydrogen-bond donors (Lipinski definition) is 3. The minimum Gasteiger partial charge on any atom is -0.385 e. The summed E-state index contributed by atoms with van der Waals surface area (Å²) < 4.78 is 0. The molecule has 1 unspecified atom stereocenters. The fraction of sp³-hybridized carbons (Fsp3) is 0.273. The van der Waals surface area contributed by atoms with E-state index in [0.29, 0.717) is 11.3 Å². The number of H-pyrrole nitrogens is 1. The monoisotopic (exact) mass is 263 g/mol. The summed E-state index contributed by atoms with van der Waals surface area (Å²) in [4.78, 5) is 21.0. The lowest BCUT2D eigenvalue weighted by molar-refractivity contribution is -0.384. The maximum Gasteiger partial charge on any atom is 0.314 e. The van der Waals surface area contributed by atoms with Crippen LogP contribution in [-0.2, 0) is 0 Å². The topological polar surface area (TPSA) is 117 Å². The van der Waals surface area contributed by atoms with Crippen molar-refractivity contribution in [3.05, 3.63) is 46.2 Å². The Bertz CT molecular complexity index is 570. The molecule has 100 valence electrons. The Balaban J connectivity index is 2.12. The van der Waals surface area contributed by atoms with Crippen LogP contribution in [0.5, 0.6) is 0 Å². The van der Waals surface area contributed by atoms with Crippen LogP contribution in [0.25, 0.3) is 0 Å². The Morgan fingerprint density at radius 1 is 1.63 bits per heavy atom. The van der Waals surface area contributed by atoms with Gasteiger partial charge in [0.2, 0.25) is 5.82 Å². The number of aryl methyl sites for hydroxylation is 1. The van der Waals surface area contributed by atoms with Crippen molar-refractivity contribution in [2.45, 2.75) is 13.0 Å². The second-order valence-electron chi connectivity index (χ2n) is 3.99. The molecule has 0 saturated heterocycles. The fourth-order valence-electron chi connectivity index (χ4n) is 1.66. The summed E-state index contributed by atoms with van der Waals surface area (Å²) in [6.45, 7) is 1.73. The molecular weight excluding hydrogens is 250 g/mol. The minimum absolute atomic E-state index is 0.0840. The zero-order valence-electron chi connectivity index (χ0n) is 10.2. The molecule has 1 atom stereocenters. The van der Waals surface area contributed by atoms with Crippen molar-refractivity contribution in [3.63, 3.8) is 0 Å². The molecule has 3 N–H and O–H groups in total. The van der Waals surface area contributed by atoms with Gasteiger partial charge < -0.3 is 15.4 Å². The van der Waals surface area contributed by atoms with Crippen LogP contribution >= 0.6 is 0 Å². The van der Waals surface area contributed by atoms with Gasteiger partial charge in [-0.05, 0) is 13.0 Å². The Hall–Kier alpha value is -2.48. The number of rotatable bonds is 5. The number of nitrogens with one attached hydrogen (secondary N) is 2. The lowest BCUT2D eigenvalue weighted by Gasteiger charge is -2.11. The molecule has 0 aliphatic carbocycles. The van der Waals surface area contributed by atoms with Gasteiger partial charge in [-0.1, -0.05) is 0 Å². The molecule has 0 aliphatic rings. The highest BCUT2D eigenvalue weighted by molar-refractivity contribution is 5.59. The first kappa shape index (κ1) is 13.0. The summed E-state index contributed by atoms with van der Waals surface area (Å²) in [6, 6.07) is 1.56. The predicted octanol–water partition coefficient (Wildman–Crippen LogP) is 1.17. The van der Waals surface area contributed by atoms with Crippen molar-refractivity contribution in [2.24, 2.45) is 0 Å². The van der Waals surface area contributed by atoms with Crippen LogP contribution in [-0.4, -0.2) is 31.5 Å². The summed E-state index contributed by atoms with van der Waals surface area (Å²) in [5.41, 5.74) is 0.959. The number of aliphatic hydroxyl groups is 1. The van der Waals surface area contributed by atoms with Crippen LogP contribution < -0.4 is 5.32 Å². The zero-order chi connectivity index (χ0) is 13.8. The molecule has 0 fully saturated rings. The van der Waals surface area contributed by atoms with E-state index >= 15 is 0 Å². The molecule has 8 heteroatoms. The number of aromatic nitrogens is 3. The number of aromatic amines is 1. The number of aliphatic hydroxyl groups excluding tert-OH is 1. The molecule has 2 rings (SSSR count). The minimum atomic E-state index is -0.843. The summed E-state index contributed by atoms with van der Waals surface area (Å²) in [6.07, 6.45) is 3.58. The average Bonchev–Trinajstić information content (AvgIpc) is 2.89. The number of anilines is 1. The quantitative estimate of drug-likeness (QED) is 0.550. The molecule has 0 amide bonds. The normalized spacial score (nSPS) is 12.1. The Morgan fingerprint density at radius 2 is 2.42 bits per heavy atom. The summed E-state index contributed by atoms with van der Waals surface area (Å²) in [5, 5.41) is 23.6. The van der Waals surface area contributed by atoms with E-state index in [-0.39, 0.29) is 18.1 Å². The van der Waals surface area contributed by atoms with E-state index in [9.17, 15) is 15.2 Å². The first-order valence-electron chi connectivity index (χ1n) is 5.59. The van der Waals surface area contributed by atoms with Gasteiger partial charge in [-0.2, -0.15) is 0 Å². The third-order valence-electron chi connectivity index (χ3n) is 2.65. The lowest BCUT2D eigenvalue weighted by Crippen LogP contribution is -2.14. The second-order valence-corrected chi connectivity index (χ2v) is 3.99. The maximum absolute atomic E-state index is 11.0. The van der Waals surface area contributed by atoms with Gasteiger partial charge in [0.1, 0.15) is 6.10 Å². The zero-order valence-corrected chi connectivity index (χ0v) is 10.2. The van der Waals surface area contributed by atoms with Crippen LogP contribution in [0.15, 0.2) is 24.8 Å². The van der Waals surface area contributed by atoms with Gasteiger partial charge in [-0.25, -0.2) is 9.97 Å². The van der Waals surface area contributed by atoms with Gasteiger partial charge in [0.05, 0.1) is 23.1 Å². The van der Waals surface area contributed by atoms with Gasteiger partial charge >= 0.3 is 5.69 Å². The molecular formula is C11H13N5O3. The maximum atomic E-state index is 11.0. The smallest absolute Gasteiger partial charge is 0.314 e. The van der Waals surface area contributed by atoms with E-state index < -0.39 is 11.0 Å². The van der Waals surface area contributed by atoms with E-state index in [4.69, 9.17) is 0 Å². The van der Waals surface area contributed by atoms with Crippen molar-refractivity contribution < 1.29 is 10.0 Å². The Morgan fingerprint density at radius 3 is 3.05 bits per heavy atom. The van der Waals surface area contributed by atoms with Gasteiger partial charge in [0, 0.05) is 18.3 Å². The molecule has 2 aromatic heterocycles. The molecule has 0 aliphatic heterocycles. The molecule has 8 nitrogen and oxygen atoms in total. The molecule has 19 heavy (non-hydrogen) atoms. The van der Waals surface area contributed by atoms with Crippen molar-refractivity contribution in [2.75, 3.05) is 11.9 Å². The number of imidazole rings is 1. The van der Waals surface area contributed by atoms with E-state index in [0.717, 1.165) is 0 Å². The molecule has 0 spiro atoms. The highest BCUT2D eigenvalue weighted by Gasteiger charge is 2.19. The predicted molar refractivity (Wildman–Crippen MR) is 67.7 cm³/mol. The average molecular weight is 263 g/mol. The number of nitro groups is 1. The molecule has 2 heterocycles. The van der Waals surface area contributed by atoms with E-state index in [1.165, 1.54) is 18.7 Å². The van der Waals surface area contributed by atoms with Crippen LogP contribution in [0, 0.1) is 17.0 Å².